The van der Waals surface area contributed by atoms with Crippen LogP contribution in [0.5, 0.6) is 0 Å². The van der Waals surface area contributed by atoms with E-state index < -0.39 is 25.2 Å². The van der Waals surface area contributed by atoms with Crippen molar-refractivity contribution in [2.45, 2.75) is 5.54 Å². The van der Waals surface area contributed by atoms with Crippen LogP contribution in [0.4, 0.5) is 4.79 Å². The van der Waals surface area contributed by atoms with Crippen molar-refractivity contribution in [1.82, 2.24) is 9.99 Å². The summed E-state index contributed by atoms with van der Waals surface area (Å²) in [6.45, 7) is 0. The number of carbonyl (C=O) groups is 2. The highest BCUT2D eigenvalue weighted by molar-refractivity contribution is 7.53. The van der Waals surface area contributed by atoms with Crippen molar-refractivity contribution in [3.8, 4) is 0 Å². The molecule has 0 saturated carbocycles. The Morgan fingerprint density at radius 1 is 0.880 bits per heavy atom. The molecule has 1 aliphatic heterocycles. The lowest BCUT2D eigenvalue weighted by Crippen LogP contribution is -2.44. The molecule has 3 amide bonds. The van der Waals surface area contributed by atoms with Gasteiger partial charge in [0, 0.05) is 14.2 Å². The zero-order valence-electron chi connectivity index (χ0n) is 13.7. The molecule has 130 valence electrons. The zero-order chi connectivity index (χ0) is 18.1. The molecule has 0 unspecified atom stereocenters. The monoisotopic (exact) mass is 360 g/mol. The maximum Gasteiger partial charge on any atom is 0.445 e. The van der Waals surface area contributed by atoms with E-state index in [4.69, 9.17) is 9.05 Å². The van der Waals surface area contributed by atoms with Crippen molar-refractivity contribution in [3.63, 3.8) is 0 Å². The van der Waals surface area contributed by atoms with Crippen molar-refractivity contribution in [3.05, 3.63) is 71.8 Å². The molecule has 1 heterocycles. The van der Waals surface area contributed by atoms with Gasteiger partial charge in [0.1, 0.15) is 0 Å². The lowest BCUT2D eigenvalue weighted by molar-refractivity contribution is -0.127. The smallest absolute Gasteiger partial charge is 0.315 e. The van der Waals surface area contributed by atoms with Crippen LogP contribution in [-0.2, 0) is 23.9 Å². The molecule has 0 bridgehead atoms. The van der Waals surface area contributed by atoms with Gasteiger partial charge in [-0.15, -0.1) is 0 Å². The number of hydrogen-bond donors (Lipinski definition) is 1. The van der Waals surface area contributed by atoms with Gasteiger partial charge >= 0.3 is 13.8 Å². The van der Waals surface area contributed by atoms with Gasteiger partial charge in [0.15, 0.2) is 5.54 Å². The van der Waals surface area contributed by atoms with Crippen LogP contribution in [-0.4, -0.2) is 30.8 Å². The summed E-state index contributed by atoms with van der Waals surface area (Å²) in [6.07, 6.45) is 0. The van der Waals surface area contributed by atoms with Crippen LogP contribution in [0.15, 0.2) is 60.7 Å². The molecule has 0 atom stereocenters. The first kappa shape index (κ1) is 17.4. The Kier molecular flexibility index (Phi) is 4.47. The minimum absolute atomic E-state index is 0.535. The van der Waals surface area contributed by atoms with Gasteiger partial charge in [-0.2, -0.15) is 4.67 Å². The Hall–Kier alpha value is -2.47. The summed E-state index contributed by atoms with van der Waals surface area (Å²) in [5, 5.41) is 2.68. The summed E-state index contributed by atoms with van der Waals surface area (Å²) in [5.74, 6) is -0.720. The Morgan fingerprint density at radius 3 is 1.72 bits per heavy atom. The molecule has 0 radical (unpaired) electrons. The first-order valence-electron chi connectivity index (χ1n) is 7.49. The fourth-order valence-corrected chi connectivity index (χ4v) is 4.03. The van der Waals surface area contributed by atoms with E-state index in [1.165, 1.54) is 0 Å². The third-order valence-electron chi connectivity index (χ3n) is 4.12. The first-order chi connectivity index (χ1) is 12.0. The van der Waals surface area contributed by atoms with Gasteiger partial charge in [-0.05, 0) is 11.1 Å². The molecule has 1 N–H and O–H groups in total. The maximum atomic E-state index is 13.3. The number of imide groups is 1. The number of hydrogen-bond acceptors (Lipinski definition) is 5. The largest absolute Gasteiger partial charge is 0.445 e. The molecule has 1 fully saturated rings. The molecule has 2 aromatic rings. The minimum Gasteiger partial charge on any atom is -0.315 e. The summed E-state index contributed by atoms with van der Waals surface area (Å²) in [4.78, 5) is 25.9. The van der Waals surface area contributed by atoms with Gasteiger partial charge in [-0.3, -0.25) is 13.8 Å². The molecule has 0 aliphatic carbocycles. The summed E-state index contributed by atoms with van der Waals surface area (Å²) in [5.41, 5.74) is -0.423. The number of benzene rings is 2. The normalized spacial score (nSPS) is 16.8. The fraction of sp³-hybridized carbons (Fsp3) is 0.176. The van der Waals surface area contributed by atoms with Crippen LogP contribution in [0.25, 0.3) is 0 Å². The second kappa shape index (κ2) is 6.44. The van der Waals surface area contributed by atoms with E-state index in [9.17, 15) is 14.2 Å². The number of nitrogens with zero attached hydrogens (tertiary/aromatic N) is 1. The molecule has 3 rings (SSSR count). The minimum atomic E-state index is -4.09. The third kappa shape index (κ3) is 2.57. The number of amides is 3. The molecule has 2 aromatic carbocycles. The standard InChI is InChI=1S/C17H17N2O5P/c1-23-25(22,24-2)19-15(20)17(18-16(19)21,13-9-5-3-6-10-13)14-11-7-4-8-12-14/h3-12H,1-2H3,(H,18,21). The van der Waals surface area contributed by atoms with Crippen molar-refractivity contribution in [1.29, 1.82) is 0 Å². The zero-order valence-corrected chi connectivity index (χ0v) is 14.6. The summed E-state index contributed by atoms with van der Waals surface area (Å²) in [7, 11) is -1.85. The van der Waals surface area contributed by atoms with Crippen molar-refractivity contribution in [2.24, 2.45) is 0 Å². The summed E-state index contributed by atoms with van der Waals surface area (Å²) >= 11 is 0. The second-order valence-corrected chi connectivity index (χ2v) is 7.43. The maximum absolute atomic E-state index is 13.3. The number of rotatable bonds is 5. The Bertz CT molecular complexity index is 793. The highest BCUT2D eigenvalue weighted by Crippen LogP contribution is 2.55. The van der Waals surface area contributed by atoms with Crippen LogP contribution in [0.1, 0.15) is 11.1 Å². The molecule has 7 nitrogen and oxygen atoms in total. The molecule has 1 saturated heterocycles. The SMILES string of the molecule is COP(=O)(OC)N1C(=O)NC(c2ccccc2)(c2ccccc2)C1=O. The van der Waals surface area contributed by atoms with Crippen molar-refractivity contribution < 1.29 is 23.2 Å². The van der Waals surface area contributed by atoms with E-state index in [0.29, 0.717) is 15.8 Å². The van der Waals surface area contributed by atoms with Gasteiger partial charge in [0.25, 0.3) is 5.91 Å². The highest BCUT2D eigenvalue weighted by atomic mass is 31.2. The van der Waals surface area contributed by atoms with Gasteiger partial charge in [-0.1, -0.05) is 60.7 Å². The lowest BCUT2D eigenvalue weighted by atomic mass is 9.83. The van der Waals surface area contributed by atoms with Gasteiger partial charge < -0.3 is 5.32 Å². The average molecular weight is 360 g/mol. The molecule has 8 heteroatoms. The summed E-state index contributed by atoms with van der Waals surface area (Å²) in [6, 6.07) is 16.7. The molecular weight excluding hydrogens is 343 g/mol. The van der Waals surface area contributed by atoms with Gasteiger partial charge in [0.05, 0.1) is 0 Å². The van der Waals surface area contributed by atoms with E-state index >= 15 is 0 Å². The Balaban J connectivity index is 2.23. The lowest BCUT2D eigenvalue weighted by Gasteiger charge is -2.28. The van der Waals surface area contributed by atoms with E-state index in [0.717, 1.165) is 14.2 Å². The first-order valence-corrected chi connectivity index (χ1v) is 8.99. The van der Waals surface area contributed by atoms with Crippen LogP contribution in [0, 0.1) is 0 Å². The van der Waals surface area contributed by atoms with Crippen LogP contribution >= 0.6 is 7.75 Å². The number of carbonyl (C=O) groups excluding carboxylic acids is 2. The molecule has 25 heavy (non-hydrogen) atoms. The topological polar surface area (TPSA) is 84.9 Å². The quantitative estimate of drug-likeness (QED) is 0.655. The van der Waals surface area contributed by atoms with E-state index in [-0.39, 0.29) is 0 Å². The molecule has 0 aromatic heterocycles. The second-order valence-electron chi connectivity index (χ2n) is 5.36. The number of nitrogens with one attached hydrogen (secondary N) is 1. The predicted molar refractivity (Wildman–Crippen MR) is 90.7 cm³/mol. The Labute approximate surface area is 145 Å². The third-order valence-corrected chi connectivity index (χ3v) is 5.90. The van der Waals surface area contributed by atoms with Gasteiger partial charge in [0.2, 0.25) is 0 Å². The Morgan fingerprint density at radius 2 is 1.32 bits per heavy atom. The fourth-order valence-electron chi connectivity index (χ4n) is 2.91. The molecule has 0 spiro atoms. The summed E-state index contributed by atoms with van der Waals surface area (Å²) < 4.78 is 23.0. The number of urea groups is 1. The van der Waals surface area contributed by atoms with E-state index in [1.807, 2.05) is 0 Å². The average Bonchev–Trinajstić information content (AvgIpc) is 2.94. The van der Waals surface area contributed by atoms with E-state index in [1.54, 1.807) is 60.7 Å². The highest BCUT2D eigenvalue weighted by Gasteiger charge is 2.59. The molecular formula is C17H17N2O5P. The van der Waals surface area contributed by atoms with E-state index in [2.05, 4.69) is 5.32 Å². The van der Waals surface area contributed by atoms with Crippen molar-refractivity contribution >= 4 is 19.7 Å². The predicted octanol–water partition coefficient (Wildman–Crippen LogP) is 2.88. The van der Waals surface area contributed by atoms with Crippen molar-refractivity contribution in [2.75, 3.05) is 14.2 Å². The molecule has 1 aliphatic rings. The van der Waals surface area contributed by atoms with Crippen LogP contribution in [0.3, 0.4) is 0 Å². The van der Waals surface area contributed by atoms with Crippen LogP contribution < -0.4 is 5.32 Å². The van der Waals surface area contributed by atoms with Crippen LogP contribution in [0.2, 0.25) is 0 Å². The van der Waals surface area contributed by atoms with Gasteiger partial charge in [-0.25, -0.2) is 9.36 Å².